The van der Waals surface area contributed by atoms with Crippen LogP contribution in [0.5, 0.6) is 0 Å². The topological polar surface area (TPSA) is 61.4 Å². The number of benzene rings is 1. The van der Waals surface area contributed by atoms with Crippen molar-refractivity contribution < 1.29 is 14.0 Å². The minimum atomic E-state index is -0.471. The summed E-state index contributed by atoms with van der Waals surface area (Å²) < 4.78 is 13.8. The molecule has 26 heavy (non-hydrogen) atoms. The summed E-state index contributed by atoms with van der Waals surface area (Å²) in [5.74, 6) is 0.106. The molecule has 0 aromatic heterocycles. The van der Waals surface area contributed by atoms with Crippen LogP contribution >= 0.6 is 11.8 Å². The van der Waals surface area contributed by atoms with E-state index < -0.39 is 6.04 Å². The molecule has 0 radical (unpaired) electrons. The molecule has 4 unspecified atom stereocenters. The number of hydrogen-bond donors (Lipinski definition) is 2. The molecular weight excluding hydrogens is 353 g/mol. The molecule has 1 aromatic carbocycles. The zero-order chi connectivity index (χ0) is 18.1. The first-order chi connectivity index (χ1) is 12.6. The van der Waals surface area contributed by atoms with E-state index in [0.29, 0.717) is 29.8 Å². The maximum Gasteiger partial charge on any atom is 0.246 e. The third-order valence-electron chi connectivity index (χ3n) is 5.57. The first kappa shape index (κ1) is 17.8. The Morgan fingerprint density at radius 1 is 1.23 bits per heavy atom. The summed E-state index contributed by atoms with van der Waals surface area (Å²) in [5, 5.41) is 6.09. The van der Waals surface area contributed by atoms with Crippen molar-refractivity contribution in [3.05, 3.63) is 35.6 Å². The first-order valence-corrected chi connectivity index (χ1v) is 10.4. The van der Waals surface area contributed by atoms with Crippen molar-refractivity contribution in [2.24, 2.45) is 0 Å². The number of carbonyl (C=O) groups is 2. The number of hydrogen-bond acceptors (Lipinski definition) is 4. The second-order valence-electron chi connectivity index (χ2n) is 7.39. The predicted molar refractivity (Wildman–Crippen MR) is 99.4 cm³/mol. The Morgan fingerprint density at radius 2 is 2.04 bits per heavy atom. The number of amides is 2. The lowest BCUT2D eigenvalue weighted by Gasteiger charge is -2.33. The molecule has 3 heterocycles. The molecule has 0 spiro atoms. The van der Waals surface area contributed by atoms with E-state index in [9.17, 15) is 14.0 Å². The lowest BCUT2D eigenvalue weighted by atomic mass is 10.1. The summed E-state index contributed by atoms with van der Waals surface area (Å²) in [6, 6.07) is 6.97. The molecule has 1 aromatic rings. The van der Waals surface area contributed by atoms with Crippen LogP contribution in [0.2, 0.25) is 0 Å². The van der Waals surface area contributed by atoms with Gasteiger partial charge in [0.2, 0.25) is 11.8 Å². The lowest BCUT2D eigenvalue weighted by Crippen LogP contribution is -2.56. The van der Waals surface area contributed by atoms with Gasteiger partial charge in [-0.25, -0.2) is 4.39 Å². The van der Waals surface area contributed by atoms with Crippen LogP contribution in [0, 0.1) is 5.82 Å². The molecule has 2 amide bonds. The summed E-state index contributed by atoms with van der Waals surface area (Å²) in [5.41, 5.74) is 0.541. The monoisotopic (exact) mass is 377 g/mol. The second-order valence-corrected chi connectivity index (χ2v) is 8.63. The third kappa shape index (κ3) is 3.74. The highest BCUT2D eigenvalue weighted by Gasteiger charge is 2.37. The van der Waals surface area contributed by atoms with Crippen LogP contribution in [0.3, 0.4) is 0 Å². The van der Waals surface area contributed by atoms with Gasteiger partial charge in [-0.1, -0.05) is 18.2 Å². The van der Waals surface area contributed by atoms with Crippen molar-refractivity contribution in [1.29, 1.82) is 0 Å². The molecule has 0 aliphatic carbocycles. The van der Waals surface area contributed by atoms with E-state index in [1.165, 1.54) is 24.2 Å². The highest BCUT2D eigenvalue weighted by molar-refractivity contribution is 8.00. The zero-order valence-electron chi connectivity index (χ0n) is 14.6. The fourth-order valence-electron chi connectivity index (χ4n) is 4.11. The van der Waals surface area contributed by atoms with E-state index in [2.05, 4.69) is 10.6 Å². The average Bonchev–Trinajstić information content (AvgIpc) is 2.97. The minimum Gasteiger partial charge on any atom is -0.343 e. The number of thioether (sulfide) groups is 1. The summed E-state index contributed by atoms with van der Waals surface area (Å²) in [4.78, 5) is 27.2. The fraction of sp³-hybridized carbons (Fsp3) is 0.579. The third-order valence-corrected chi connectivity index (χ3v) is 6.88. The van der Waals surface area contributed by atoms with E-state index in [0.717, 1.165) is 25.9 Å². The van der Waals surface area contributed by atoms with Crippen LogP contribution < -0.4 is 10.6 Å². The van der Waals surface area contributed by atoms with Gasteiger partial charge in [-0.05, 0) is 37.3 Å². The highest BCUT2D eigenvalue weighted by atomic mass is 32.2. The smallest absolute Gasteiger partial charge is 0.246 e. The van der Waals surface area contributed by atoms with Crippen LogP contribution in [0.15, 0.2) is 24.3 Å². The molecule has 3 aliphatic heterocycles. The lowest BCUT2D eigenvalue weighted by molar-refractivity contribution is -0.136. The molecule has 5 nitrogen and oxygen atoms in total. The van der Waals surface area contributed by atoms with Crippen LogP contribution in [0.4, 0.5) is 4.39 Å². The molecular formula is C19H24FN3O2S. The first-order valence-electron chi connectivity index (χ1n) is 9.30. The average molecular weight is 377 g/mol. The molecule has 4 rings (SSSR count). The van der Waals surface area contributed by atoms with E-state index >= 15 is 0 Å². The number of halogens is 1. The molecule has 2 N–H and O–H groups in total. The Morgan fingerprint density at radius 3 is 2.85 bits per heavy atom. The normalized spacial score (nSPS) is 31.4. The number of rotatable bonds is 3. The number of carbonyl (C=O) groups excluding carboxylic acids is 2. The Hall–Kier alpha value is -1.60. The molecule has 140 valence electrons. The van der Waals surface area contributed by atoms with Crippen molar-refractivity contribution in [1.82, 2.24) is 15.5 Å². The van der Waals surface area contributed by atoms with Gasteiger partial charge in [0.25, 0.3) is 0 Å². The highest BCUT2D eigenvalue weighted by Crippen LogP contribution is 2.25. The SMILES string of the molecule is O=C1NC(C(=O)N2CCC3CCC(C2)N3)CSC1Cc1ccccc1F. The minimum absolute atomic E-state index is 0.0181. The van der Waals surface area contributed by atoms with Crippen molar-refractivity contribution in [2.75, 3.05) is 18.8 Å². The van der Waals surface area contributed by atoms with E-state index in [1.54, 1.807) is 18.2 Å². The van der Waals surface area contributed by atoms with Gasteiger partial charge in [0, 0.05) is 30.9 Å². The van der Waals surface area contributed by atoms with E-state index in [-0.39, 0.29) is 22.9 Å². The van der Waals surface area contributed by atoms with Crippen molar-refractivity contribution in [3.63, 3.8) is 0 Å². The summed E-state index contributed by atoms with van der Waals surface area (Å²) in [6.07, 6.45) is 3.64. The Balaban J connectivity index is 1.35. The van der Waals surface area contributed by atoms with Crippen molar-refractivity contribution in [2.45, 2.75) is 49.1 Å². The van der Waals surface area contributed by atoms with E-state index in [4.69, 9.17) is 0 Å². The number of nitrogens with one attached hydrogen (secondary N) is 2. The van der Waals surface area contributed by atoms with Gasteiger partial charge in [0.1, 0.15) is 11.9 Å². The summed E-state index contributed by atoms with van der Waals surface area (Å²) in [7, 11) is 0. The van der Waals surface area contributed by atoms with Gasteiger partial charge in [0.15, 0.2) is 0 Å². The van der Waals surface area contributed by atoms with Crippen LogP contribution in [0.1, 0.15) is 24.8 Å². The molecule has 3 fully saturated rings. The molecule has 0 saturated carbocycles. The summed E-state index contributed by atoms with van der Waals surface area (Å²) in [6.45, 7) is 1.48. The largest absolute Gasteiger partial charge is 0.343 e. The van der Waals surface area contributed by atoms with Crippen molar-refractivity contribution in [3.8, 4) is 0 Å². The van der Waals surface area contributed by atoms with Crippen LogP contribution in [-0.2, 0) is 16.0 Å². The standard InChI is InChI=1S/C19H24FN3O2S/c20-15-4-2-1-3-12(15)9-17-18(24)22-16(11-26-17)19(25)23-8-7-13-5-6-14(10-23)21-13/h1-4,13-14,16-17,21H,5-11H2,(H,22,24). The molecule has 7 heteroatoms. The molecule has 4 atom stereocenters. The van der Waals surface area contributed by atoms with Crippen molar-refractivity contribution >= 4 is 23.6 Å². The maximum atomic E-state index is 13.8. The van der Waals surface area contributed by atoms with Gasteiger partial charge < -0.3 is 15.5 Å². The van der Waals surface area contributed by atoms with Gasteiger partial charge in [-0.2, -0.15) is 0 Å². The Bertz CT molecular complexity index is 701. The predicted octanol–water partition coefficient (Wildman–Crippen LogP) is 1.32. The summed E-state index contributed by atoms with van der Waals surface area (Å²) >= 11 is 1.45. The van der Waals surface area contributed by atoms with Gasteiger partial charge >= 0.3 is 0 Å². The molecule has 3 aliphatic rings. The Labute approximate surface area is 157 Å². The van der Waals surface area contributed by atoms with Gasteiger partial charge in [-0.15, -0.1) is 11.8 Å². The van der Waals surface area contributed by atoms with Gasteiger partial charge in [-0.3, -0.25) is 9.59 Å². The molecule has 2 bridgehead atoms. The fourth-order valence-corrected chi connectivity index (χ4v) is 5.27. The quantitative estimate of drug-likeness (QED) is 0.834. The number of nitrogens with zero attached hydrogens (tertiary/aromatic N) is 1. The second kappa shape index (κ2) is 7.56. The molecule has 3 saturated heterocycles. The maximum absolute atomic E-state index is 13.8. The zero-order valence-corrected chi connectivity index (χ0v) is 15.4. The Kier molecular flexibility index (Phi) is 5.18. The number of likely N-dealkylation sites (tertiary alicyclic amines) is 1. The van der Waals surface area contributed by atoms with Crippen LogP contribution in [0.25, 0.3) is 0 Å². The van der Waals surface area contributed by atoms with Crippen LogP contribution in [-0.4, -0.2) is 58.9 Å². The number of fused-ring (bicyclic) bond motifs is 2. The van der Waals surface area contributed by atoms with E-state index in [1.807, 2.05) is 4.90 Å². The van der Waals surface area contributed by atoms with Gasteiger partial charge in [0.05, 0.1) is 5.25 Å².